The van der Waals surface area contributed by atoms with E-state index in [1.54, 1.807) is 0 Å². The van der Waals surface area contributed by atoms with Crippen LogP contribution in [0, 0.1) is 5.92 Å². The average molecular weight is 240 g/mol. The van der Waals surface area contributed by atoms with Crippen LogP contribution in [0.25, 0.3) is 0 Å². The fourth-order valence-corrected chi connectivity index (χ4v) is 2.01. The molecule has 1 unspecified atom stereocenters. The molecule has 2 aliphatic rings. The lowest BCUT2D eigenvalue weighted by atomic mass is 10.0. The number of imide groups is 2. The predicted molar refractivity (Wildman–Crippen MR) is 53.8 cm³/mol. The zero-order chi connectivity index (χ0) is 12.4. The number of rotatable bonds is 2. The van der Waals surface area contributed by atoms with Crippen molar-refractivity contribution < 1.29 is 23.9 Å². The Morgan fingerprint density at radius 2 is 1.88 bits per heavy atom. The number of aldehydes is 1. The van der Waals surface area contributed by atoms with Crippen molar-refractivity contribution in [2.45, 2.75) is 18.9 Å². The largest absolute Gasteiger partial charge is 0.381 e. The van der Waals surface area contributed by atoms with Crippen LogP contribution in [0.5, 0.6) is 0 Å². The molecule has 7 nitrogen and oxygen atoms in total. The molecular weight excluding hydrogens is 228 g/mol. The van der Waals surface area contributed by atoms with Gasteiger partial charge in [0.05, 0.1) is 0 Å². The van der Waals surface area contributed by atoms with Crippen LogP contribution >= 0.6 is 0 Å². The highest BCUT2D eigenvalue weighted by atomic mass is 16.5. The zero-order valence-corrected chi connectivity index (χ0v) is 9.05. The molecule has 0 radical (unpaired) electrons. The second-order valence-corrected chi connectivity index (χ2v) is 3.96. The van der Waals surface area contributed by atoms with Crippen molar-refractivity contribution in [3.05, 3.63) is 0 Å². The summed E-state index contributed by atoms with van der Waals surface area (Å²) >= 11 is 0. The minimum Gasteiger partial charge on any atom is -0.381 e. The molecule has 1 N–H and O–H groups in total. The number of barbiturate groups is 1. The molecule has 1 atom stereocenters. The van der Waals surface area contributed by atoms with E-state index in [1.165, 1.54) is 0 Å². The summed E-state index contributed by atoms with van der Waals surface area (Å²) < 4.78 is 5.13. The van der Waals surface area contributed by atoms with Crippen molar-refractivity contribution in [3.63, 3.8) is 0 Å². The molecule has 2 aliphatic heterocycles. The van der Waals surface area contributed by atoms with Crippen LogP contribution in [0.4, 0.5) is 4.79 Å². The number of carbonyl (C=O) groups excluding carboxylic acids is 4. The van der Waals surface area contributed by atoms with Crippen molar-refractivity contribution in [1.82, 2.24) is 10.2 Å². The van der Waals surface area contributed by atoms with Gasteiger partial charge in [0.15, 0.2) is 5.92 Å². The third-order valence-electron chi connectivity index (χ3n) is 2.93. The number of hydrogen-bond acceptors (Lipinski definition) is 5. The van der Waals surface area contributed by atoms with Crippen LogP contribution in [0.2, 0.25) is 0 Å². The Morgan fingerprint density at radius 3 is 2.47 bits per heavy atom. The third-order valence-corrected chi connectivity index (χ3v) is 2.93. The molecular formula is C10H12N2O5. The number of carbonyl (C=O) groups is 4. The zero-order valence-electron chi connectivity index (χ0n) is 9.05. The molecule has 2 rings (SSSR count). The van der Waals surface area contributed by atoms with E-state index in [1.807, 2.05) is 5.32 Å². The molecule has 2 saturated heterocycles. The molecule has 0 saturated carbocycles. The van der Waals surface area contributed by atoms with Crippen molar-refractivity contribution in [3.8, 4) is 0 Å². The first-order chi connectivity index (χ1) is 8.15. The maximum atomic E-state index is 11.8. The molecule has 0 bridgehead atoms. The smallest absolute Gasteiger partial charge is 0.331 e. The number of ether oxygens (including phenoxy) is 1. The van der Waals surface area contributed by atoms with Crippen LogP contribution < -0.4 is 5.32 Å². The highest BCUT2D eigenvalue weighted by Gasteiger charge is 2.43. The molecule has 0 aromatic heterocycles. The molecule has 0 aliphatic carbocycles. The van der Waals surface area contributed by atoms with Gasteiger partial charge >= 0.3 is 6.03 Å². The lowest BCUT2D eigenvalue weighted by Crippen LogP contribution is -2.62. The topological polar surface area (TPSA) is 92.8 Å². The number of urea groups is 1. The van der Waals surface area contributed by atoms with E-state index < -0.39 is 23.8 Å². The first kappa shape index (κ1) is 11.7. The van der Waals surface area contributed by atoms with E-state index in [-0.39, 0.29) is 12.3 Å². The van der Waals surface area contributed by atoms with E-state index in [0.717, 1.165) is 4.90 Å². The summed E-state index contributed by atoms with van der Waals surface area (Å²) in [4.78, 5) is 46.3. The highest BCUT2D eigenvalue weighted by molar-refractivity contribution is 6.22. The van der Waals surface area contributed by atoms with Gasteiger partial charge in [-0.05, 0) is 12.8 Å². The van der Waals surface area contributed by atoms with Gasteiger partial charge in [0.25, 0.3) is 5.91 Å². The standard InChI is InChI=1S/C10H12N2O5/c13-5-7-8(14)11-10(16)12(9(7)15)6-1-3-17-4-2-6/h5-7H,1-4H2,(H,11,14,16). The summed E-state index contributed by atoms with van der Waals surface area (Å²) in [5.74, 6) is -2.99. The summed E-state index contributed by atoms with van der Waals surface area (Å²) in [7, 11) is 0. The molecule has 2 heterocycles. The normalized spacial score (nSPS) is 26.9. The van der Waals surface area contributed by atoms with Gasteiger partial charge < -0.3 is 9.53 Å². The summed E-state index contributed by atoms with van der Waals surface area (Å²) in [5.41, 5.74) is 0. The maximum Gasteiger partial charge on any atom is 0.331 e. The molecule has 0 aromatic carbocycles. The fourth-order valence-electron chi connectivity index (χ4n) is 2.01. The summed E-state index contributed by atoms with van der Waals surface area (Å²) in [6.07, 6.45) is 1.31. The first-order valence-corrected chi connectivity index (χ1v) is 5.36. The highest BCUT2D eigenvalue weighted by Crippen LogP contribution is 2.19. The second-order valence-electron chi connectivity index (χ2n) is 3.96. The average Bonchev–Trinajstić information content (AvgIpc) is 2.30. The lowest BCUT2D eigenvalue weighted by molar-refractivity contribution is -0.146. The maximum absolute atomic E-state index is 11.8. The number of nitrogens with one attached hydrogen (secondary N) is 1. The first-order valence-electron chi connectivity index (χ1n) is 5.36. The van der Waals surface area contributed by atoms with Gasteiger partial charge in [-0.3, -0.25) is 19.8 Å². The van der Waals surface area contributed by atoms with E-state index in [2.05, 4.69) is 0 Å². The molecule has 2 fully saturated rings. The number of amides is 4. The molecule has 92 valence electrons. The van der Waals surface area contributed by atoms with Crippen molar-refractivity contribution in [2.24, 2.45) is 5.92 Å². The molecule has 7 heteroatoms. The summed E-state index contributed by atoms with van der Waals surface area (Å²) in [5, 5.41) is 2.01. The van der Waals surface area contributed by atoms with Gasteiger partial charge in [-0.2, -0.15) is 0 Å². The van der Waals surface area contributed by atoms with Gasteiger partial charge in [0.2, 0.25) is 5.91 Å². The van der Waals surface area contributed by atoms with Gasteiger partial charge in [-0.15, -0.1) is 0 Å². The molecule has 17 heavy (non-hydrogen) atoms. The quantitative estimate of drug-likeness (QED) is 0.496. The summed E-state index contributed by atoms with van der Waals surface area (Å²) in [6.45, 7) is 0.920. The Hall–Kier alpha value is -1.76. The van der Waals surface area contributed by atoms with Crippen LogP contribution in [-0.4, -0.2) is 48.3 Å². The minimum absolute atomic E-state index is 0.260. The van der Waals surface area contributed by atoms with Gasteiger partial charge in [-0.25, -0.2) is 4.79 Å². The van der Waals surface area contributed by atoms with Crippen LogP contribution in [0.1, 0.15) is 12.8 Å². The van der Waals surface area contributed by atoms with Gasteiger partial charge in [0.1, 0.15) is 6.29 Å². The van der Waals surface area contributed by atoms with E-state index in [4.69, 9.17) is 4.74 Å². The lowest BCUT2D eigenvalue weighted by Gasteiger charge is -2.36. The monoisotopic (exact) mass is 240 g/mol. The Labute approximate surface area is 97.1 Å². The minimum atomic E-state index is -1.41. The van der Waals surface area contributed by atoms with Gasteiger partial charge in [0, 0.05) is 19.3 Å². The van der Waals surface area contributed by atoms with E-state index in [0.29, 0.717) is 26.1 Å². The number of nitrogens with zero attached hydrogens (tertiary/aromatic N) is 1. The van der Waals surface area contributed by atoms with Crippen molar-refractivity contribution in [1.29, 1.82) is 0 Å². The Morgan fingerprint density at radius 1 is 1.24 bits per heavy atom. The molecule has 4 amide bonds. The molecule has 0 aromatic rings. The third kappa shape index (κ3) is 2.05. The fraction of sp³-hybridized carbons (Fsp3) is 0.600. The Balaban J connectivity index is 2.19. The predicted octanol–water partition coefficient (Wildman–Crippen LogP) is -0.941. The van der Waals surface area contributed by atoms with Crippen LogP contribution in [-0.2, 0) is 19.1 Å². The van der Waals surface area contributed by atoms with E-state index >= 15 is 0 Å². The van der Waals surface area contributed by atoms with Crippen molar-refractivity contribution in [2.75, 3.05) is 13.2 Å². The Kier molecular flexibility index (Phi) is 3.19. The van der Waals surface area contributed by atoms with Crippen LogP contribution in [0.15, 0.2) is 0 Å². The SMILES string of the molecule is O=CC1C(=O)NC(=O)N(C2CCOCC2)C1=O. The van der Waals surface area contributed by atoms with Gasteiger partial charge in [-0.1, -0.05) is 0 Å². The summed E-state index contributed by atoms with van der Waals surface area (Å²) in [6, 6.07) is -1.04. The van der Waals surface area contributed by atoms with E-state index in [9.17, 15) is 19.2 Å². The Bertz CT molecular complexity index is 375. The second kappa shape index (κ2) is 4.62. The number of hydrogen-bond donors (Lipinski definition) is 1. The molecule has 0 spiro atoms. The van der Waals surface area contributed by atoms with Crippen molar-refractivity contribution >= 4 is 24.1 Å². The van der Waals surface area contributed by atoms with Crippen LogP contribution in [0.3, 0.4) is 0 Å².